The van der Waals surface area contributed by atoms with Gasteiger partial charge in [-0.2, -0.15) is 5.26 Å². The van der Waals surface area contributed by atoms with Crippen molar-refractivity contribution in [2.24, 2.45) is 0 Å². The number of allylic oxidation sites excluding steroid dienone is 1. The van der Waals surface area contributed by atoms with Gasteiger partial charge in [-0.3, -0.25) is 9.59 Å². The van der Waals surface area contributed by atoms with E-state index >= 15 is 0 Å². The molecule has 1 atom stereocenters. The molecule has 0 aliphatic carbocycles. The Balaban J connectivity index is 1.74. The second-order valence-corrected chi connectivity index (χ2v) is 7.35. The van der Waals surface area contributed by atoms with Gasteiger partial charge < -0.3 is 14.8 Å². The summed E-state index contributed by atoms with van der Waals surface area (Å²) in [7, 11) is 1.30. The lowest BCUT2D eigenvalue weighted by atomic mass is 9.87. The Morgan fingerprint density at radius 3 is 2.59 bits per heavy atom. The van der Waals surface area contributed by atoms with Gasteiger partial charge in [-0.05, 0) is 23.3 Å². The number of carbonyl (C=O) groups excluding carboxylic acids is 2. The highest BCUT2D eigenvalue weighted by atomic mass is 32.2. The lowest BCUT2D eigenvalue weighted by Gasteiger charge is -2.25. The summed E-state index contributed by atoms with van der Waals surface area (Å²) in [6.45, 7) is 0.462. The number of esters is 1. The fourth-order valence-corrected chi connectivity index (χ4v) is 3.85. The highest BCUT2D eigenvalue weighted by Gasteiger charge is 2.29. The normalized spacial score (nSPS) is 16.0. The molecule has 0 bridgehead atoms. The number of methoxy groups -OCH3 is 1. The summed E-state index contributed by atoms with van der Waals surface area (Å²) in [5.41, 5.74) is 2.36. The molecule has 29 heavy (non-hydrogen) atoms. The molecule has 0 spiro atoms. The first-order valence-electron chi connectivity index (χ1n) is 9.01. The van der Waals surface area contributed by atoms with Gasteiger partial charge in [-0.15, -0.1) is 0 Å². The molecule has 2 aromatic carbocycles. The molecular formula is C22H20N2O4S. The second-order valence-electron chi connectivity index (χ2n) is 6.37. The van der Waals surface area contributed by atoms with Crippen LogP contribution in [0.5, 0.6) is 5.75 Å². The summed E-state index contributed by atoms with van der Waals surface area (Å²) in [5, 5.41) is 12.8. The van der Waals surface area contributed by atoms with Crippen molar-refractivity contribution in [1.29, 1.82) is 5.26 Å². The average molecular weight is 408 g/mol. The van der Waals surface area contributed by atoms with Crippen molar-refractivity contribution in [3.8, 4) is 11.8 Å². The van der Waals surface area contributed by atoms with E-state index in [2.05, 4.69) is 16.1 Å². The maximum atomic E-state index is 12.2. The van der Waals surface area contributed by atoms with Gasteiger partial charge in [0.2, 0.25) is 5.91 Å². The third-order valence-electron chi connectivity index (χ3n) is 4.45. The number of hydrogen-bond acceptors (Lipinski definition) is 6. The largest absolute Gasteiger partial charge is 0.489 e. The van der Waals surface area contributed by atoms with Gasteiger partial charge in [0, 0.05) is 12.3 Å². The summed E-state index contributed by atoms with van der Waals surface area (Å²) >= 11 is 1.10. The van der Waals surface area contributed by atoms with E-state index in [0.29, 0.717) is 23.0 Å². The molecule has 7 heteroatoms. The minimum atomic E-state index is -0.420. The van der Waals surface area contributed by atoms with Gasteiger partial charge in [0.15, 0.2) is 0 Å². The molecule has 0 fully saturated rings. The van der Waals surface area contributed by atoms with Crippen LogP contribution in [0.25, 0.3) is 0 Å². The zero-order valence-corrected chi connectivity index (χ0v) is 16.7. The van der Waals surface area contributed by atoms with E-state index in [1.54, 1.807) is 0 Å². The first-order valence-corrected chi connectivity index (χ1v) is 9.99. The van der Waals surface area contributed by atoms with Gasteiger partial charge in [-0.25, -0.2) is 0 Å². The van der Waals surface area contributed by atoms with Gasteiger partial charge in [0.05, 0.1) is 29.5 Å². The summed E-state index contributed by atoms with van der Waals surface area (Å²) in [6, 6.07) is 19.4. The zero-order chi connectivity index (χ0) is 20.6. The van der Waals surface area contributed by atoms with Crippen LogP contribution < -0.4 is 10.1 Å². The number of thioether (sulfide) groups is 1. The molecule has 0 saturated heterocycles. The van der Waals surface area contributed by atoms with Crippen LogP contribution in [0.1, 0.15) is 23.5 Å². The number of nitrogens with one attached hydrogen (secondary N) is 1. The van der Waals surface area contributed by atoms with Gasteiger partial charge in [-0.1, -0.05) is 54.2 Å². The van der Waals surface area contributed by atoms with Crippen molar-refractivity contribution in [1.82, 2.24) is 5.32 Å². The molecule has 0 saturated carbocycles. The Hall–Kier alpha value is -3.24. The van der Waals surface area contributed by atoms with E-state index in [1.807, 2.05) is 54.6 Å². The summed E-state index contributed by atoms with van der Waals surface area (Å²) in [6.07, 6.45) is 0.176. The number of nitriles is 1. The van der Waals surface area contributed by atoms with Crippen LogP contribution in [-0.4, -0.2) is 24.7 Å². The smallest absolute Gasteiger partial charge is 0.316 e. The van der Waals surface area contributed by atoms with Crippen molar-refractivity contribution < 1.29 is 19.1 Å². The Morgan fingerprint density at radius 1 is 1.21 bits per heavy atom. The molecule has 0 radical (unpaired) electrons. The van der Waals surface area contributed by atoms with Gasteiger partial charge >= 0.3 is 5.97 Å². The Kier molecular flexibility index (Phi) is 6.93. The fourth-order valence-electron chi connectivity index (χ4n) is 2.95. The lowest BCUT2D eigenvalue weighted by molar-refractivity contribution is -0.137. The van der Waals surface area contributed by atoms with Crippen molar-refractivity contribution in [2.75, 3.05) is 12.9 Å². The topological polar surface area (TPSA) is 88.4 Å². The summed E-state index contributed by atoms with van der Waals surface area (Å²) in [5.74, 6) is -0.240. The van der Waals surface area contributed by atoms with E-state index in [9.17, 15) is 14.9 Å². The van der Waals surface area contributed by atoms with Crippen LogP contribution in [0.15, 0.2) is 65.2 Å². The van der Waals surface area contributed by atoms with Crippen LogP contribution in [0.3, 0.4) is 0 Å². The molecular weight excluding hydrogens is 388 g/mol. The first kappa shape index (κ1) is 20.5. The minimum Gasteiger partial charge on any atom is -0.489 e. The van der Waals surface area contributed by atoms with Crippen molar-refractivity contribution in [3.05, 3.63) is 76.3 Å². The fraction of sp³-hybridized carbons (Fsp3) is 0.227. The summed E-state index contributed by atoms with van der Waals surface area (Å²) in [4.78, 5) is 23.6. The van der Waals surface area contributed by atoms with Crippen LogP contribution in [-0.2, 0) is 20.9 Å². The van der Waals surface area contributed by atoms with Crippen molar-refractivity contribution >= 4 is 23.6 Å². The number of amides is 1. The van der Waals surface area contributed by atoms with E-state index in [-0.39, 0.29) is 24.0 Å². The molecule has 1 N–H and O–H groups in total. The van der Waals surface area contributed by atoms with Gasteiger partial charge in [0.1, 0.15) is 12.4 Å². The standard InChI is InChI=1S/C22H20N2O4S/c1-27-21(26)14-29-22-19(12-23)18(11-20(25)24-22)16-7-9-17(10-8-16)28-13-15-5-3-2-4-6-15/h2-10,18H,11,13-14H2,1H3,(H,24,25). The average Bonchev–Trinajstić information content (AvgIpc) is 2.76. The van der Waals surface area contributed by atoms with E-state index < -0.39 is 5.97 Å². The molecule has 2 aromatic rings. The number of benzene rings is 2. The van der Waals surface area contributed by atoms with Crippen LogP contribution >= 0.6 is 11.8 Å². The zero-order valence-electron chi connectivity index (χ0n) is 15.9. The Morgan fingerprint density at radius 2 is 1.93 bits per heavy atom. The number of ether oxygens (including phenoxy) is 2. The Bertz CT molecular complexity index is 949. The van der Waals surface area contributed by atoms with E-state index in [1.165, 1.54) is 7.11 Å². The van der Waals surface area contributed by atoms with Crippen LogP contribution in [0.4, 0.5) is 0 Å². The third-order valence-corrected chi connectivity index (χ3v) is 5.44. The predicted octanol–water partition coefficient (Wildman–Crippen LogP) is 3.51. The number of hydrogen-bond donors (Lipinski definition) is 1. The maximum absolute atomic E-state index is 12.2. The Labute approximate surface area is 173 Å². The molecule has 1 heterocycles. The highest BCUT2D eigenvalue weighted by molar-refractivity contribution is 8.03. The molecule has 148 valence electrons. The van der Waals surface area contributed by atoms with Crippen molar-refractivity contribution in [2.45, 2.75) is 18.9 Å². The molecule has 1 aliphatic rings. The molecule has 0 aromatic heterocycles. The summed E-state index contributed by atoms with van der Waals surface area (Å²) < 4.78 is 10.4. The SMILES string of the molecule is COC(=O)CSC1=C(C#N)C(c2ccc(OCc3ccccc3)cc2)CC(=O)N1. The monoisotopic (exact) mass is 408 g/mol. The minimum absolute atomic E-state index is 0.0241. The number of rotatable bonds is 7. The maximum Gasteiger partial charge on any atom is 0.316 e. The van der Waals surface area contributed by atoms with Crippen LogP contribution in [0, 0.1) is 11.3 Å². The van der Waals surface area contributed by atoms with Crippen LogP contribution in [0.2, 0.25) is 0 Å². The quantitative estimate of drug-likeness (QED) is 0.706. The highest BCUT2D eigenvalue weighted by Crippen LogP contribution is 2.36. The molecule has 6 nitrogen and oxygen atoms in total. The second kappa shape index (κ2) is 9.80. The predicted molar refractivity (Wildman–Crippen MR) is 110 cm³/mol. The van der Waals surface area contributed by atoms with Crippen molar-refractivity contribution in [3.63, 3.8) is 0 Å². The number of carbonyl (C=O) groups is 2. The molecule has 3 rings (SSSR count). The molecule has 1 amide bonds. The first-order chi connectivity index (χ1) is 14.1. The lowest BCUT2D eigenvalue weighted by Crippen LogP contribution is -2.31. The van der Waals surface area contributed by atoms with Gasteiger partial charge in [0.25, 0.3) is 0 Å². The van der Waals surface area contributed by atoms with E-state index in [4.69, 9.17) is 4.74 Å². The molecule has 1 unspecified atom stereocenters. The van der Waals surface area contributed by atoms with E-state index in [0.717, 1.165) is 22.9 Å². The number of nitrogens with zero attached hydrogens (tertiary/aromatic N) is 1. The molecule has 1 aliphatic heterocycles. The third kappa shape index (κ3) is 5.39.